The molecular weight excluding hydrogens is 402 g/mol. The number of hydrogen-bond acceptors (Lipinski definition) is 4. The summed E-state index contributed by atoms with van der Waals surface area (Å²) in [6, 6.07) is 18.6. The van der Waals surface area contributed by atoms with Crippen LogP contribution in [0.2, 0.25) is 5.02 Å². The summed E-state index contributed by atoms with van der Waals surface area (Å²) < 4.78 is 16.6. The number of carbonyl (C=O) groups is 1. The van der Waals surface area contributed by atoms with E-state index in [1.54, 1.807) is 32.4 Å². The van der Waals surface area contributed by atoms with Crippen LogP contribution in [0.5, 0.6) is 17.2 Å². The van der Waals surface area contributed by atoms with Gasteiger partial charge in [0.25, 0.3) is 5.91 Å². The minimum atomic E-state index is -0.161. The average Bonchev–Trinajstić information content (AvgIpc) is 3.07. The van der Waals surface area contributed by atoms with Crippen LogP contribution in [0, 0.1) is 0 Å². The van der Waals surface area contributed by atoms with Crippen molar-refractivity contribution in [3.8, 4) is 17.2 Å². The van der Waals surface area contributed by atoms with Crippen molar-refractivity contribution in [1.29, 1.82) is 0 Å². The van der Waals surface area contributed by atoms with Gasteiger partial charge in [0.1, 0.15) is 12.4 Å². The first kappa shape index (κ1) is 19.9. The van der Waals surface area contributed by atoms with Crippen molar-refractivity contribution < 1.29 is 19.0 Å². The molecule has 0 radical (unpaired) electrons. The van der Waals surface area contributed by atoms with Crippen molar-refractivity contribution >= 4 is 34.8 Å². The van der Waals surface area contributed by atoms with Gasteiger partial charge in [-0.05, 0) is 59.7 Å². The van der Waals surface area contributed by atoms with Crippen molar-refractivity contribution in [2.75, 3.05) is 19.5 Å². The smallest absolute Gasteiger partial charge is 0.256 e. The molecule has 152 valence electrons. The highest BCUT2D eigenvalue weighted by molar-refractivity contribution is 6.36. The van der Waals surface area contributed by atoms with Gasteiger partial charge >= 0.3 is 0 Å². The Balaban J connectivity index is 1.56. The molecule has 0 bridgehead atoms. The molecule has 0 aromatic heterocycles. The first-order valence-electron chi connectivity index (χ1n) is 9.34. The molecule has 0 fully saturated rings. The van der Waals surface area contributed by atoms with E-state index in [2.05, 4.69) is 5.32 Å². The van der Waals surface area contributed by atoms with Gasteiger partial charge in [-0.15, -0.1) is 0 Å². The summed E-state index contributed by atoms with van der Waals surface area (Å²) >= 11 is 6.10. The number of rotatable bonds is 6. The summed E-state index contributed by atoms with van der Waals surface area (Å²) in [6.45, 7) is 0.398. The number of hydrogen-bond donors (Lipinski definition) is 1. The van der Waals surface area contributed by atoms with E-state index < -0.39 is 0 Å². The Morgan fingerprint density at radius 1 is 0.933 bits per heavy atom. The lowest BCUT2D eigenvalue weighted by atomic mass is 10.0. The molecule has 1 aliphatic rings. The molecule has 0 saturated carbocycles. The molecule has 1 amide bonds. The summed E-state index contributed by atoms with van der Waals surface area (Å²) in [7, 11) is 3.22. The average molecular weight is 422 g/mol. The van der Waals surface area contributed by atoms with Gasteiger partial charge in [-0.2, -0.15) is 0 Å². The lowest BCUT2D eigenvalue weighted by Gasteiger charge is -2.12. The first-order chi connectivity index (χ1) is 14.6. The number of nitrogens with one attached hydrogen (secondary N) is 1. The van der Waals surface area contributed by atoms with E-state index in [0.29, 0.717) is 28.7 Å². The fourth-order valence-corrected chi connectivity index (χ4v) is 3.42. The molecular formula is C24H20ClNO4. The van der Waals surface area contributed by atoms with Gasteiger partial charge in [0.2, 0.25) is 0 Å². The summed E-state index contributed by atoms with van der Waals surface area (Å²) in [5.74, 6) is 1.84. The second kappa shape index (κ2) is 8.51. The maximum atomic E-state index is 12.4. The van der Waals surface area contributed by atoms with Gasteiger partial charge < -0.3 is 19.5 Å². The van der Waals surface area contributed by atoms with Crippen LogP contribution in [-0.2, 0) is 11.4 Å². The molecule has 30 heavy (non-hydrogen) atoms. The van der Waals surface area contributed by atoms with Gasteiger partial charge in [-0.1, -0.05) is 29.8 Å². The van der Waals surface area contributed by atoms with Crippen LogP contribution in [0.4, 0.5) is 5.69 Å². The number of ether oxygens (including phenoxy) is 3. The molecule has 3 aromatic rings. The third-order valence-corrected chi connectivity index (χ3v) is 5.05. The standard InChI is InChI=1S/C24H20ClNO4/c1-28-18-7-3-15(4-8-18)14-30-22-10-5-16(12-23(22)29-2)11-20-19-13-17(25)6-9-21(19)26-24(20)27/h3-13H,14H2,1-2H3,(H,26,27)/b20-11+. The number of anilines is 1. The maximum absolute atomic E-state index is 12.4. The topological polar surface area (TPSA) is 56.8 Å². The zero-order chi connectivity index (χ0) is 21.1. The maximum Gasteiger partial charge on any atom is 0.256 e. The minimum Gasteiger partial charge on any atom is -0.497 e. The zero-order valence-corrected chi connectivity index (χ0v) is 17.3. The quantitative estimate of drug-likeness (QED) is 0.539. The third-order valence-electron chi connectivity index (χ3n) is 4.82. The molecule has 0 aliphatic carbocycles. The van der Waals surface area contributed by atoms with Crippen molar-refractivity contribution in [2.24, 2.45) is 0 Å². The summed E-state index contributed by atoms with van der Waals surface area (Å²) in [5, 5.41) is 3.43. The summed E-state index contributed by atoms with van der Waals surface area (Å²) in [5.41, 5.74) is 3.93. The summed E-state index contributed by atoms with van der Waals surface area (Å²) in [6.07, 6.45) is 1.81. The molecule has 0 spiro atoms. The Hall–Kier alpha value is -3.44. The Labute approximate surface area is 179 Å². The van der Waals surface area contributed by atoms with Crippen LogP contribution in [0.3, 0.4) is 0 Å². The minimum absolute atomic E-state index is 0.161. The van der Waals surface area contributed by atoms with Crippen LogP contribution in [0.1, 0.15) is 16.7 Å². The van der Waals surface area contributed by atoms with Gasteiger partial charge in [-0.25, -0.2) is 0 Å². The van der Waals surface area contributed by atoms with Gasteiger partial charge in [-0.3, -0.25) is 4.79 Å². The third kappa shape index (κ3) is 4.11. The summed E-state index contributed by atoms with van der Waals surface area (Å²) in [4.78, 5) is 12.4. The lowest BCUT2D eigenvalue weighted by Crippen LogP contribution is -2.03. The van der Waals surface area contributed by atoms with Gasteiger partial charge in [0, 0.05) is 21.8 Å². The second-order valence-electron chi connectivity index (χ2n) is 6.75. The Morgan fingerprint density at radius 2 is 1.73 bits per heavy atom. The Morgan fingerprint density at radius 3 is 2.47 bits per heavy atom. The number of carbonyl (C=O) groups excluding carboxylic acids is 1. The molecule has 1 heterocycles. The van der Waals surface area contributed by atoms with Crippen molar-refractivity contribution in [3.05, 3.63) is 82.4 Å². The predicted molar refractivity (Wildman–Crippen MR) is 118 cm³/mol. The molecule has 4 rings (SSSR count). The van der Waals surface area contributed by atoms with E-state index in [0.717, 1.165) is 28.1 Å². The van der Waals surface area contributed by atoms with Gasteiger partial charge in [0.05, 0.1) is 14.2 Å². The highest BCUT2D eigenvalue weighted by Crippen LogP contribution is 2.36. The molecule has 3 aromatic carbocycles. The van der Waals surface area contributed by atoms with E-state index in [1.807, 2.05) is 48.5 Å². The zero-order valence-electron chi connectivity index (χ0n) is 16.6. The van der Waals surface area contributed by atoms with Crippen molar-refractivity contribution in [3.63, 3.8) is 0 Å². The van der Waals surface area contributed by atoms with Crippen LogP contribution >= 0.6 is 11.6 Å². The van der Waals surface area contributed by atoms with Crippen LogP contribution in [0.25, 0.3) is 11.6 Å². The fraction of sp³-hybridized carbons (Fsp3) is 0.125. The van der Waals surface area contributed by atoms with Crippen LogP contribution in [-0.4, -0.2) is 20.1 Å². The molecule has 0 saturated heterocycles. The normalized spacial score (nSPS) is 13.7. The van der Waals surface area contributed by atoms with Crippen LogP contribution in [0.15, 0.2) is 60.7 Å². The molecule has 6 heteroatoms. The van der Waals surface area contributed by atoms with Crippen LogP contribution < -0.4 is 19.5 Å². The van der Waals surface area contributed by atoms with Crippen molar-refractivity contribution in [2.45, 2.75) is 6.61 Å². The van der Waals surface area contributed by atoms with Gasteiger partial charge in [0.15, 0.2) is 11.5 Å². The monoisotopic (exact) mass is 421 g/mol. The first-order valence-corrected chi connectivity index (χ1v) is 9.72. The number of methoxy groups -OCH3 is 2. The van der Waals surface area contributed by atoms with E-state index in [-0.39, 0.29) is 5.91 Å². The lowest BCUT2D eigenvalue weighted by molar-refractivity contribution is -0.110. The highest BCUT2D eigenvalue weighted by Gasteiger charge is 2.24. The molecule has 5 nitrogen and oxygen atoms in total. The second-order valence-corrected chi connectivity index (χ2v) is 7.19. The molecule has 1 N–H and O–H groups in total. The van der Waals surface area contributed by atoms with E-state index in [4.69, 9.17) is 25.8 Å². The van der Waals surface area contributed by atoms with Crippen molar-refractivity contribution in [1.82, 2.24) is 0 Å². The largest absolute Gasteiger partial charge is 0.497 e. The Bertz CT molecular complexity index is 1120. The molecule has 0 unspecified atom stereocenters. The SMILES string of the molecule is COc1ccc(COc2ccc(/C=C3/C(=O)Nc4ccc(Cl)cc43)cc2OC)cc1. The number of amides is 1. The fourth-order valence-electron chi connectivity index (χ4n) is 3.25. The number of benzene rings is 3. The Kier molecular flexibility index (Phi) is 5.63. The van der Waals surface area contributed by atoms with E-state index in [1.165, 1.54) is 0 Å². The number of fused-ring (bicyclic) bond motifs is 1. The predicted octanol–water partition coefficient (Wildman–Crippen LogP) is 5.43. The van der Waals surface area contributed by atoms with E-state index >= 15 is 0 Å². The highest BCUT2D eigenvalue weighted by atomic mass is 35.5. The molecule has 1 aliphatic heterocycles. The molecule has 0 atom stereocenters. The van der Waals surface area contributed by atoms with E-state index in [9.17, 15) is 4.79 Å². The number of halogens is 1.